The first-order valence-corrected chi connectivity index (χ1v) is 4.85. The van der Waals surface area contributed by atoms with Crippen LogP contribution in [0.25, 0.3) is 17.0 Å². The van der Waals surface area contributed by atoms with Crippen molar-refractivity contribution in [3.63, 3.8) is 0 Å². The maximum Gasteiger partial charge on any atom is 0.198 e. The summed E-state index contributed by atoms with van der Waals surface area (Å²) in [7, 11) is 0. The average Bonchev–Trinajstić information content (AvgIpc) is 2.89. The minimum atomic E-state index is 0.324. The van der Waals surface area contributed by atoms with Crippen LogP contribution in [-0.4, -0.2) is 14.6 Å². The minimum absolute atomic E-state index is 0.324. The topological polar surface area (TPSA) is 62.5 Å². The average molecular weight is 212 g/mol. The van der Waals surface area contributed by atoms with Crippen molar-refractivity contribution >= 4 is 11.5 Å². The molecule has 1 N–H and O–H groups in total. The molecule has 0 aliphatic carbocycles. The number of hydrogen-bond acceptors (Lipinski definition) is 3. The summed E-state index contributed by atoms with van der Waals surface area (Å²) in [4.78, 5) is 14.9. The van der Waals surface area contributed by atoms with Crippen molar-refractivity contribution in [2.24, 2.45) is 5.18 Å². The van der Waals surface area contributed by atoms with Crippen molar-refractivity contribution in [1.29, 1.82) is 0 Å². The molecule has 0 atom stereocenters. The van der Waals surface area contributed by atoms with E-state index in [-0.39, 0.29) is 0 Å². The highest BCUT2D eigenvalue weighted by molar-refractivity contribution is 5.60. The monoisotopic (exact) mass is 212 g/mol. The van der Waals surface area contributed by atoms with E-state index < -0.39 is 0 Å². The van der Waals surface area contributed by atoms with Crippen LogP contribution in [-0.2, 0) is 0 Å². The summed E-state index contributed by atoms with van der Waals surface area (Å²) in [5.74, 6) is 1.05. The number of hydrogen-bond donors (Lipinski definition) is 1. The Morgan fingerprint density at radius 3 is 2.69 bits per heavy atom. The summed E-state index contributed by atoms with van der Waals surface area (Å²) in [5, 5.41) is 5.93. The third-order valence-corrected chi connectivity index (χ3v) is 2.42. The van der Waals surface area contributed by atoms with E-state index in [1.807, 2.05) is 30.3 Å². The van der Waals surface area contributed by atoms with Crippen molar-refractivity contribution < 1.29 is 0 Å². The van der Waals surface area contributed by atoms with Gasteiger partial charge in [-0.25, -0.2) is 9.50 Å². The number of benzene rings is 1. The zero-order valence-corrected chi connectivity index (χ0v) is 8.29. The Balaban J connectivity index is 2.19. The largest absolute Gasteiger partial charge is 0.273 e. The first-order chi connectivity index (χ1) is 7.88. The van der Waals surface area contributed by atoms with E-state index in [1.165, 1.54) is 0 Å². The fourth-order valence-corrected chi connectivity index (χ4v) is 1.66. The maximum absolute atomic E-state index is 10.5. The molecule has 2 aromatic heterocycles. The molecule has 78 valence electrons. The van der Waals surface area contributed by atoms with Crippen molar-refractivity contribution in [1.82, 2.24) is 14.6 Å². The van der Waals surface area contributed by atoms with E-state index in [1.54, 1.807) is 16.6 Å². The number of aromatic nitrogens is 3. The lowest BCUT2D eigenvalue weighted by Crippen LogP contribution is -1.83. The van der Waals surface area contributed by atoms with E-state index in [0.29, 0.717) is 11.5 Å². The molecule has 0 unspecified atom stereocenters. The molecule has 0 amide bonds. The van der Waals surface area contributed by atoms with Gasteiger partial charge in [0.2, 0.25) is 0 Å². The molecule has 3 aromatic rings. The molecular formula is C11H8N4O. The van der Waals surface area contributed by atoms with E-state index in [0.717, 1.165) is 11.4 Å². The SMILES string of the molecule is O=Nc1ccc2nc(-c3ccccc3)[nH]n12. The normalized spacial score (nSPS) is 10.8. The lowest BCUT2D eigenvalue weighted by molar-refractivity contribution is 0.975. The highest BCUT2D eigenvalue weighted by Crippen LogP contribution is 2.20. The molecule has 5 nitrogen and oxygen atoms in total. The number of nitrogens with one attached hydrogen (secondary N) is 1. The molecule has 16 heavy (non-hydrogen) atoms. The van der Waals surface area contributed by atoms with Crippen LogP contribution in [0.5, 0.6) is 0 Å². The lowest BCUT2D eigenvalue weighted by atomic mass is 10.2. The van der Waals surface area contributed by atoms with Gasteiger partial charge in [0.25, 0.3) is 0 Å². The Labute approximate surface area is 90.7 Å². The van der Waals surface area contributed by atoms with Crippen LogP contribution in [0.2, 0.25) is 0 Å². The van der Waals surface area contributed by atoms with E-state index in [4.69, 9.17) is 0 Å². The zero-order chi connectivity index (χ0) is 11.0. The van der Waals surface area contributed by atoms with Crippen LogP contribution in [0.1, 0.15) is 0 Å². The quantitative estimate of drug-likeness (QED) is 0.664. The second-order valence-corrected chi connectivity index (χ2v) is 3.41. The summed E-state index contributed by atoms with van der Waals surface area (Å²) < 4.78 is 1.56. The van der Waals surface area contributed by atoms with Gasteiger partial charge < -0.3 is 0 Å². The molecule has 2 heterocycles. The smallest absolute Gasteiger partial charge is 0.198 e. The molecule has 3 rings (SSSR count). The summed E-state index contributed by atoms with van der Waals surface area (Å²) in [5.41, 5.74) is 1.66. The second kappa shape index (κ2) is 3.30. The number of rotatable bonds is 2. The number of H-pyrrole nitrogens is 1. The van der Waals surface area contributed by atoms with Gasteiger partial charge >= 0.3 is 0 Å². The summed E-state index contributed by atoms with van der Waals surface area (Å²) in [6, 6.07) is 13.1. The van der Waals surface area contributed by atoms with E-state index in [9.17, 15) is 4.91 Å². The summed E-state index contributed by atoms with van der Waals surface area (Å²) >= 11 is 0. The highest BCUT2D eigenvalue weighted by atomic mass is 16.3. The predicted molar refractivity (Wildman–Crippen MR) is 60.4 cm³/mol. The van der Waals surface area contributed by atoms with E-state index >= 15 is 0 Å². The Morgan fingerprint density at radius 2 is 1.94 bits per heavy atom. The molecule has 0 saturated carbocycles. The lowest BCUT2D eigenvalue weighted by Gasteiger charge is -1.93. The molecule has 1 aromatic carbocycles. The van der Waals surface area contributed by atoms with Gasteiger partial charge in [0.1, 0.15) is 0 Å². The maximum atomic E-state index is 10.5. The molecule has 0 spiro atoms. The van der Waals surface area contributed by atoms with Gasteiger partial charge in [0, 0.05) is 5.56 Å². The van der Waals surface area contributed by atoms with Gasteiger partial charge in [-0.05, 0) is 17.3 Å². The van der Waals surface area contributed by atoms with Crippen LogP contribution >= 0.6 is 0 Å². The third-order valence-electron chi connectivity index (χ3n) is 2.42. The van der Waals surface area contributed by atoms with Crippen LogP contribution in [0.3, 0.4) is 0 Å². The number of nitrogens with zero attached hydrogens (tertiary/aromatic N) is 3. The standard InChI is InChI=1S/C11H8N4O/c16-14-10-7-6-9-12-11(13-15(9)10)8-4-2-1-3-5-8/h1-7H,(H,12,13). The fraction of sp³-hybridized carbons (Fsp3) is 0. The molecule has 0 bridgehead atoms. The molecule has 0 aliphatic rings. The van der Waals surface area contributed by atoms with Gasteiger partial charge in [-0.1, -0.05) is 30.3 Å². The number of nitroso groups, excluding NO2 is 1. The number of aromatic amines is 1. The van der Waals surface area contributed by atoms with Crippen LogP contribution in [0.15, 0.2) is 47.6 Å². The molecule has 0 saturated heterocycles. The van der Waals surface area contributed by atoms with Gasteiger partial charge in [-0.2, -0.15) is 0 Å². The fourth-order valence-electron chi connectivity index (χ4n) is 1.66. The Kier molecular flexibility index (Phi) is 1.83. The second-order valence-electron chi connectivity index (χ2n) is 3.41. The van der Waals surface area contributed by atoms with Gasteiger partial charge in [0.15, 0.2) is 17.3 Å². The highest BCUT2D eigenvalue weighted by Gasteiger charge is 2.08. The van der Waals surface area contributed by atoms with Crippen LogP contribution in [0, 0.1) is 4.91 Å². The van der Waals surface area contributed by atoms with E-state index in [2.05, 4.69) is 15.3 Å². The Hall–Kier alpha value is -2.43. The first-order valence-electron chi connectivity index (χ1n) is 4.85. The molecular weight excluding hydrogens is 204 g/mol. The van der Waals surface area contributed by atoms with Crippen molar-refractivity contribution in [2.75, 3.05) is 0 Å². The molecule has 0 fully saturated rings. The van der Waals surface area contributed by atoms with Crippen molar-refractivity contribution in [2.45, 2.75) is 0 Å². The zero-order valence-electron chi connectivity index (χ0n) is 8.29. The Morgan fingerprint density at radius 1 is 1.12 bits per heavy atom. The van der Waals surface area contributed by atoms with Crippen LogP contribution < -0.4 is 0 Å². The molecule has 0 radical (unpaired) electrons. The third kappa shape index (κ3) is 1.22. The Bertz CT molecular complexity index is 638. The van der Waals surface area contributed by atoms with Gasteiger partial charge in [-0.3, -0.25) is 5.10 Å². The van der Waals surface area contributed by atoms with Crippen LogP contribution in [0.4, 0.5) is 5.82 Å². The summed E-state index contributed by atoms with van der Waals surface area (Å²) in [6.45, 7) is 0. The molecule has 0 aliphatic heterocycles. The van der Waals surface area contributed by atoms with Gasteiger partial charge in [-0.15, -0.1) is 4.91 Å². The predicted octanol–water partition coefficient (Wildman–Crippen LogP) is 2.73. The first kappa shape index (κ1) is 8.84. The van der Waals surface area contributed by atoms with Crippen molar-refractivity contribution in [3.05, 3.63) is 47.4 Å². The molecule has 5 heteroatoms. The summed E-state index contributed by atoms with van der Waals surface area (Å²) in [6.07, 6.45) is 0. The minimum Gasteiger partial charge on any atom is -0.273 e. The van der Waals surface area contributed by atoms with Gasteiger partial charge in [0.05, 0.1) is 0 Å². The van der Waals surface area contributed by atoms with Crippen molar-refractivity contribution in [3.8, 4) is 11.4 Å². The number of fused-ring (bicyclic) bond motifs is 1.